The SMILES string of the molecule is Cc1nn(CCNC[C@]2(O)CNCCOC2)c(C)c1Cl. The largest absolute Gasteiger partial charge is 0.385 e. The Morgan fingerprint density at radius 3 is 3.05 bits per heavy atom. The molecule has 0 unspecified atom stereocenters. The van der Waals surface area contributed by atoms with Gasteiger partial charge in [-0.3, -0.25) is 4.68 Å². The highest BCUT2D eigenvalue weighted by atomic mass is 35.5. The quantitative estimate of drug-likeness (QED) is 0.673. The summed E-state index contributed by atoms with van der Waals surface area (Å²) in [6.45, 7) is 8.14. The summed E-state index contributed by atoms with van der Waals surface area (Å²) in [5.74, 6) is 0. The van der Waals surface area contributed by atoms with E-state index >= 15 is 0 Å². The number of hydrogen-bond donors (Lipinski definition) is 3. The van der Waals surface area contributed by atoms with E-state index in [1.165, 1.54) is 0 Å². The van der Waals surface area contributed by atoms with Crippen LogP contribution in [0.15, 0.2) is 0 Å². The Morgan fingerprint density at radius 1 is 1.55 bits per heavy atom. The van der Waals surface area contributed by atoms with E-state index in [4.69, 9.17) is 16.3 Å². The topological polar surface area (TPSA) is 71.3 Å². The minimum atomic E-state index is -0.844. The predicted molar refractivity (Wildman–Crippen MR) is 78.2 cm³/mol. The second-order valence-electron chi connectivity index (χ2n) is 5.34. The van der Waals surface area contributed by atoms with Gasteiger partial charge in [-0.05, 0) is 13.8 Å². The number of aliphatic hydroxyl groups is 1. The zero-order valence-electron chi connectivity index (χ0n) is 12.1. The van der Waals surface area contributed by atoms with Crippen molar-refractivity contribution in [2.24, 2.45) is 0 Å². The first-order valence-corrected chi connectivity index (χ1v) is 7.31. The second-order valence-corrected chi connectivity index (χ2v) is 5.72. The van der Waals surface area contributed by atoms with Crippen molar-refractivity contribution in [3.8, 4) is 0 Å². The van der Waals surface area contributed by atoms with Gasteiger partial charge >= 0.3 is 0 Å². The molecule has 0 aromatic carbocycles. The summed E-state index contributed by atoms with van der Waals surface area (Å²) in [6.07, 6.45) is 0. The summed E-state index contributed by atoms with van der Waals surface area (Å²) in [6, 6.07) is 0. The molecule has 1 aromatic heterocycles. The van der Waals surface area contributed by atoms with Crippen LogP contribution >= 0.6 is 11.6 Å². The van der Waals surface area contributed by atoms with Crippen LogP contribution in [0, 0.1) is 13.8 Å². The summed E-state index contributed by atoms with van der Waals surface area (Å²) in [4.78, 5) is 0. The van der Waals surface area contributed by atoms with Crippen molar-refractivity contribution >= 4 is 11.6 Å². The number of nitrogens with zero attached hydrogens (tertiary/aromatic N) is 2. The lowest BCUT2D eigenvalue weighted by Gasteiger charge is -2.26. The van der Waals surface area contributed by atoms with Gasteiger partial charge in [0.2, 0.25) is 0 Å². The Bertz CT molecular complexity index is 442. The molecule has 20 heavy (non-hydrogen) atoms. The van der Waals surface area contributed by atoms with Gasteiger partial charge in [0, 0.05) is 26.2 Å². The molecule has 114 valence electrons. The van der Waals surface area contributed by atoms with Crippen molar-refractivity contribution in [2.75, 3.05) is 39.4 Å². The fraction of sp³-hybridized carbons (Fsp3) is 0.769. The highest BCUT2D eigenvalue weighted by Crippen LogP contribution is 2.18. The van der Waals surface area contributed by atoms with Crippen LogP contribution in [0.2, 0.25) is 5.02 Å². The molecule has 7 heteroatoms. The maximum atomic E-state index is 10.4. The number of aromatic nitrogens is 2. The highest BCUT2D eigenvalue weighted by molar-refractivity contribution is 6.31. The summed E-state index contributed by atoms with van der Waals surface area (Å²) < 4.78 is 7.26. The van der Waals surface area contributed by atoms with Gasteiger partial charge in [-0.1, -0.05) is 11.6 Å². The van der Waals surface area contributed by atoms with E-state index in [0.29, 0.717) is 26.3 Å². The summed E-state index contributed by atoms with van der Waals surface area (Å²) >= 11 is 6.10. The maximum Gasteiger partial charge on any atom is 0.113 e. The number of β-amino-alcohol motifs (C(OH)–C–C–N with tert-alkyl or cyclic N) is 1. The van der Waals surface area contributed by atoms with Gasteiger partial charge in [0.25, 0.3) is 0 Å². The van der Waals surface area contributed by atoms with E-state index in [1.54, 1.807) is 0 Å². The average Bonchev–Trinajstić information content (AvgIpc) is 2.61. The predicted octanol–water partition coefficient (Wildman–Crippen LogP) is 0.0938. The minimum absolute atomic E-state index is 0.360. The molecular formula is C13H23ClN4O2. The zero-order chi connectivity index (χ0) is 14.6. The van der Waals surface area contributed by atoms with E-state index in [9.17, 15) is 5.11 Å². The van der Waals surface area contributed by atoms with Gasteiger partial charge in [-0.15, -0.1) is 0 Å². The van der Waals surface area contributed by atoms with Crippen LogP contribution in [0.4, 0.5) is 0 Å². The summed E-state index contributed by atoms with van der Waals surface area (Å²) in [7, 11) is 0. The smallest absolute Gasteiger partial charge is 0.113 e. The van der Waals surface area contributed by atoms with E-state index < -0.39 is 5.60 Å². The molecule has 1 atom stereocenters. The molecule has 0 aliphatic carbocycles. The first-order chi connectivity index (χ1) is 9.52. The van der Waals surface area contributed by atoms with E-state index in [0.717, 1.165) is 36.0 Å². The molecule has 0 spiro atoms. The number of hydrogen-bond acceptors (Lipinski definition) is 5. The van der Waals surface area contributed by atoms with Crippen molar-refractivity contribution in [3.05, 3.63) is 16.4 Å². The molecule has 1 aliphatic rings. The monoisotopic (exact) mass is 302 g/mol. The third kappa shape index (κ3) is 3.93. The van der Waals surface area contributed by atoms with Gasteiger partial charge < -0.3 is 20.5 Å². The molecule has 1 saturated heterocycles. The third-order valence-corrected chi connectivity index (χ3v) is 4.04. The first-order valence-electron chi connectivity index (χ1n) is 6.93. The van der Waals surface area contributed by atoms with Crippen molar-refractivity contribution in [2.45, 2.75) is 26.0 Å². The van der Waals surface area contributed by atoms with E-state index in [2.05, 4.69) is 15.7 Å². The summed E-state index contributed by atoms with van der Waals surface area (Å²) in [5, 5.41) is 21.9. The molecule has 2 heterocycles. The Morgan fingerprint density at radius 2 is 2.35 bits per heavy atom. The molecular weight excluding hydrogens is 280 g/mol. The van der Waals surface area contributed by atoms with Gasteiger partial charge in [0.05, 0.1) is 36.2 Å². The van der Waals surface area contributed by atoms with Crippen LogP contribution in [0.1, 0.15) is 11.4 Å². The molecule has 3 N–H and O–H groups in total. The second kappa shape index (κ2) is 6.87. The van der Waals surface area contributed by atoms with Crippen LogP contribution in [-0.4, -0.2) is 59.9 Å². The van der Waals surface area contributed by atoms with E-state index in [-0.39, 0.29) is 0 Å². The maximum absolute atomic E-state index is 10.4. The van der Waals surface area contributed by atoms with Gasteiger partial charge in [0.1, 0.15) is 5.60 Å². The number of rotatable bonds is 5. The molecule has 0 amide bonds. The fourth-order valence-electron chi connectivity index (χ4n) is 2.29. The molecule has 1 fully saturated rings. The Hall–Kier alpha value is -0.660. The van der Waals surface area contributed by atoms with Gasteiger partial charge in [-0.2, -0.15) is 5.10 Å². The number of nitrogens with one attached hydrogen (secondary N) is 2. The van der Waals surface area contributed by atoms with E-state index in [1.807, 2.05) is 18.5 Å². The lowest BCUT2D eigenvalue weighted by Crippen LogP contribution is -2.50. The molecule has 1 aliphatic heterocycles. The minimum Gasteiger partial charge on any atom is -0.385 e. The highest BCUT2D eigenvalue weighted by Gasteiger charge is 2.28. The summed E-state index contributed by atoms with van der Waals surface area (Å²) in [5.41, 5.74) is 0.983. The third-order valence-electron chi connectivity index (χ3n) is 3.50. The Balaban J connectivity index is 1.77. The van der Waals surface area contributed by atoms with Crippen LogP contribution in [0.5, 0.6) is 0 Å². The zero-order valence-corrected chi connectivity index (χ0v) is 12.8. The molecule has 1 aromatic rings. The van der Waals surface area contributed by atoms with Gasteiger partial charge in [0.15, 0.2) is 0 Å². The molecule has 2 rings (SSSR count). The lowest BCUT2D eigenvalue weighted by molar-refractivity contribution is -0.0262. The standard InChI is InChI=1S/C13H23ClN4O2/c1-10-12(14)11(2)18(17-10)5-3-15-7-13(19)8-16-4-6-20-9-13/h15-16,19H,3-9H2,1-2H3/t13-/m0/s1. The van der Waals surface area contributed by atoms with Crippen molar-refractivity contribution in [3.63, 3.8) is 0 Å². The Labute approximate surface area is 124 Å². The lowest BCUT2D eigenvalue weighted by atomic mass is 10.1. The molecule has 0 bridgehead atoms. The normalized spacial score (nSPS) is 23.8. The molecule has 6 nitrogen and oxygen atoms in total. The van der Waals surface area contributed by atoms with Crippen LogP contribution in [0.25, 0.3) is 0 Å². The van der Waals surface area contributed by atoms with Crippen molar-refractivity contribution < 1.29 is 9.84 Å². The first kappa shape index (κ1) is 15.7. The van der Waals surface area contributed by atoms with Crippen LogP contribution < -0.4 is 10.6 Å². The number of ether oxygens (including phenoxy) is 1. The number of halogens is 1. The molecule has 0 radical (unpaired) electrons. The molecule has 0 saturated carbocycles. The van der Waals surface area contributed by atoms with Crippen molar-refractivity contribution in [1.29, 1.82) is 0 Å². The number of aryl methyl sites for hydroxylation is 1. The average molecular weight is 303 g/mol. The van der Waals surface area contributed by atoms with Gasteiger partial charge in [-0.25, -0.2) is 0 Å². The Kier molecular flexibility index (Phi) is 5.40. The van der Waals surface area contributed by atoms with Crippen molar-refractivity contribution in [1.82, 2.24) is 20.4 Å². The fourth-order valence-corrected chi connectivity index (χ4v) is 2.43. The van der Waals surface area contributed by atoms with Crippen LogP contribution in [0.3, 0.4) is 0 Å². The van der Waals surface area contributed by atoms with Crippen LogP contribution in [-0.2, 0) is 11.3 Å².